The molecule has 0 heterocycles. The predicted octanol–water partition coefficient (Wildman–Crippen LogP) is 1.66. The zero-order chi connectivity index (χ0) is 13.2. The van der Waals surface area contributed by atoms with E-state index in [9.17, 15) is 5.11 Å². The van der Waals surface area contributed by atoms with Gasteiger partial charge in [0.05, 0.1) is 26.4 Å². The number of aliphatic hydroxyl groups is 1. The van der Waals surface area contributed by atoms with Gasteiger partial charge in [0.2, 0.25) is 0 Å². The summed E-state index contributed by atoms with van der Waals surface area (Å²) in [6.45, 7) is 2.01. The highest BCUT2D eigenvalue weighted by atomic mass is 16.5. The van der Waals surface area contributed by atoms with Crippen LogP contribution in [0.25, 0.3) is 0 Å². The number of methoxy groups -OCH3 is 2. The highest BCUT2D eigenvalue weighted by Crippen LogP contribution is 2.35. The van der Waals surface area contributed by atoms with Crippen LogP contribution in [0.15, 0.2) is 18.2 Å². The van der Waals surface area contributed by atoms with Crippen LogP contribution in [-0.4, -0.2) is 32.0 Å². The van der Waals surface area contributed by atoms with Gasteiger partial charge < -0.3 is 19.9 Å². The average molecular weight is 251 g/mol. The molecule has 0 spiro atoms. The minimum Gasteiger partial charge on any atom is -0.497 e. The Morgan fingerprint density at radius 2 is 2.06 bits per heavy atom. The van der Waals surface area contributed by atoms with Gasteiger partial charge in [0, 0.05) is 11.6 Å². The van der Waals surface area contributed by atoms with Gasteiger partial charge in [0.15, 0.2) is 0 Å². The number of ether oxygens (including phenoxy) is 2. The molecule has 1 aliphatic rings. The van der Waals surface area contributed by atoms with Crippen LogP contribution < -0.4 is 14.8 Å². The van der Waals surface area contributed by atoms with E-state index in [4.69, 9.17) is 9.47 Å². The first-order valence-corrected chi connectivity index (χ1v) is 6.24. The van der Waals surface area contributed by atoms with E-state index in [0.29, 0.717) is 6.04 Å². The van der Waals surface area contributed by atoms with Gasteiger partial charge in [-0.2, -0.15) is 0 Å². The number of nitrogens with one attached hydrogen (secondary N) is 1. The van der Waals surface area contributed by atoms with Gasteiger partial charge in [-0.1, -0.05) is 0 Å². The SMILES string of the molecule is COc1ccc(OC)c(C(C)(CO)NC2CC2)c1. The van der Waals surface area contributed by atoms with Crippen molar-refractivity contribution < 1.29 is 14.6 Å². The Hall–Kier alpha value is -1.26. The fraction of sp³-hybridized carbons (Fsp3) is 0.571. The van der Waals surface area contributed by atoms with Gasteiger partial charge in [0.1, 0.15) is 11.5 Å². The first-order chi connectivity index (χ1) is 8.62. The van der Waals surface area contributed by atoms with E-state index in [2.05, 4.69) is 5.32 Å². The summed E-state index contributed by atoms with van der Waals surface area (Å²) in [6.07, 6.45) is 2.34. The molecule has 1 fully saturated rings. The summed E-state index contributed by atoms with van der Waals surface area (Å²) in [4.78, 5) is 0. The molecule has 2 rings (SSSR count). The van der Waals surface area contributed by atoms with E-state index < -0.39 is 5.54 Å². The van der Waals surface area contributed by atoms with Crippen molar-refractivity contribution >= 4 is 0 Å². The monoisotopic (exact) mass is 251 g/mol. The number of rotatable bonds is 6. The summed E-state index contributed by atoms with van der Waals surface area (Å²) in [5.74, 6) is 1.53. The molecule has 1 saturated carbocycles. The van der Waals surface area contributed by atoms with Gasteiger partial charge in [-0.15, -0.1) is 0 Å². The molecule has 1 aromatic carbocycles. The van der Waals surface area contributed by atoms with Crippen molar-refractivity contribution in [3.05, 3.63) is 23.8 Å². The summed E-state index contributed by atoms with van der Waals surface area (Å²) in [7, 11) is 3.27. The summed E-state index contributed by atoms with van der Waals surface area (Å²) in [6, 6.07) is 6.15. The molecular weight excluding hydrogens is 230 g/mol. The highest BCUT2D eigenvalue weighted by molar-refractivity contribution is 5.44. The molecule has 0 radical (unpaired) electrons. The van der Waals surface area contributed by atoms with E-state index in [1.165, 1.54) is 12.8 Å². The maximum absolute atomic E-state index is 9.74. The molecule has 1 unspecified atom stereocenters. The molecule has 18 heavy (non-hydrogen) atoms. The number of aliphatic hydroxyl groups excluding tert-OH is 1. The van der Waals surface area contributed by atoms with E-state index >= 15 is 0 Å². The molecule has 4 heteroatoms. The second-order valence-corrected chi connectivity index (χ2v) is 4.98. The molecule has 1 aromatic rings. The van der Waals surface area contributed by atoms with Crippen LogP contribution in [0.2, 0.25) is 0 Å². The van der Waals surface area contributed by atoms with Crippen LogP contribution in [0.5, 0.6) is 11.5 Å². The topological polar surface area (TPSA) is 50.7 Å². The van der Waals surface area contributed by atoms with E-state index in [1.54, 1.807) is 14.2 Å². The van der Waals surface area contributed by atoms with Crippen molar-refractivity contribution in [3.8, 4) is 11.5 Å². The Balaban J connectivity index is 2.37. The third-order valence-electron chi connectivity index (χ3n) is 3.42. The summed E-state index contributed by atoms with van der Waals surface area (Å²) in [5, 5.41) is 13.2. The van der Waals surface area contributed by atoms with Gasteiger partial charge >= 0.3 is 0 Å². The van der Waals surface area contributed by atoms with Crippen LogP contribution in [0.3, 0.4) is 0 Å². The van der Waals surface area contributed by atoms with Crippen molar-refractivity contribution in [1.29, 1.82) is 0 Å². The standard InChI is InChI=1S/C14H21NO3/c1-14(9-16,15-10-4-5-10)12-8-11(17-2)6-7-13(12)18-3/h6-8,10,15-16H,4-5,9H2,1-3H3. The molecule has 0 aliphatic heterocycles. The molecule has 0 saturated heterocycles. The van der Waals surface area contributed by atoms with Gasteiger partial charge in [-0.25, -0.2) is 0 Å². The second kappa shape index (κ2) is 5.16. The normalized spacial score (nSPS) is 18.2. The number of hydrogen-bond donors (Lipinski definition) is 2. The van der Waals surface area contributed by atoms with Crippen molar-refractivity contribution in [2.24, 2.45) is 0 Å². The quantitative estimate of drug-likeness (QED) is 0.807. The first kappa shape index (κ1) is 13.2. The summed E-state index contributed by atoms with van der Waals surface area (Å²) in [5.41, 5.74) is 0.430. The molecule has 0 amide bonds. The van der Waals surface area contributed by atoms with E-state index in [-0.39, 0.29) is 6.61 Å². The maximum atomic E-state index is 9.74. The lowest BCUT2D eigenvalue weighted by Gasteiger charge is -2.31. The molecule has 100 valence electrons. The third kappa shape index (κ3) is 2.60. The Bertz CT molecular complexity index is 418. The Labute approximate surface area is 108 Å². The lowest BCUT2D eigenvalue weighted by Crippen LogP contribution is -2.44. The smallest absolute Gasteiger partial charge is 0.124 e. The fourth-order valence-electron chi connectivity index (χ4n) is 2.13. The van der Waals surface area contributed by atoms with E-state index in [1.807, 2.05) is 25.1 Å². The molecule has 0 aromatic heterocycles. The highest BCUT2D eigenvalue weighted by Gasteiger charge is 2.35. The lowest BCUT2D eigenvalue weighted by atomic mass is 9.91. The third-order valence-corrected chi connectivity index (χ3v) is 3.42. The largest absolute Gasteiger partial charge is 0.497 e. The van der Waals surface area contributed by atoms with Crippen molar-refractivity contribution in [1.82, 2.24) is 5.32 Å². The van der Waals surface area contributed by atoms with Crippen molar-refractivity contribution in [2.45, 2.75) is 31.3 Å². The van der Waals surface area contributed by atoms with Crippen LogP contribution in [0.1, 0.15) is 25.3 Å². The van der Waals surface area contributed by atoms with Crippen molar-refractivity contribution in [2.75, 3.05) is 20.8 Å². The van der Waals surface area contributed by atoms with Gasteiger partial charge in [-0.05, 0) is 38.0 Å². The molecule has 0 bridgehead atoms. The molecule has 1 aliphatic carbocycles. The zero-order valence-electron chi connectivity index (χ0n) is 11.2. The van der Waals surface area contributed by atoms with Crippen LogP contribution in [-0.2, 0) is 5.54 Å². The Morgan fingerprint density at radius 1 is 1.33 bits per heavy atom. The predicted molar refractivity (Wildman–Crippen MR) is 70.1 cm³/mol. The van der Waals surface area contributed by atoms with Crippen LogP contribution >= 0.6 is 0 Å². The summed E-state index contributed by atoms with van der Waals surface area (Å²) < 4.78 is 10.6. The number of benzene rings is 1. The minimum absolute atomic E-state index is 0.0209. The molecule has 4 nitrogen and oxygen atoms in total. The lowest BCUT2D eigenvalue weighted by molar-refractivity contribution is 0.169. The van der Waals surface area contributed by atoms with E-state index in [0.717, 1.165) is 17.1 Å². The van der Waals surface area contributed by atoms with Crippen molar-refractivity contribution in [3.63, 3.8) is 0 Å². The minimum atomic E-state index is -0.499. The fourth-order valence-corrected chi connectivity index (χ4v) is 2.13. The maximum Gasteiger partial charge on any atom is 0.124 e. The summed E-state index contributed by atoms with van der Waals surface area (Å²) >= 11 is 0. The van der Waals surface area contributed by atoms with Crippen LogP contribution in [0.4, 0.5) is 0 Å². The molecule has 1 atom stereocenters. The Kier molecular flexibility index (Phi) is 3.78. The van der Waals surface area contributed by atoms with Crippen LogP contribution in [0, 0.1) is 0 Å². The van der Waals surface area contributed by atoms with Gasteiger partial charge in [-0.3, -0.25) is 0 Å². The average Bonchev–Trinajstić information content (AvgIpc) is 3.21. The Morgan fingerprint density at radius 3 is 2.56 bits per heavy atom. The second-order valence-electron chi connectivity index (χ2n) is 4.98. The molecule has 2 N–H and O–H groups in total. The molecular formula is C14H21NO3. The zero-order valence-corrected chi connectivity index (χ0v) is 11.2. The number of hydrogen-bond acceptors (Lipinski definition) is 4. The first-order valence-electron chi connectivity index (χ1n) is 6.24. The van der Waals surface area contributed by atoms with Gasteiger partial charge in [0.25, 0.3) is 0 Å².